The van der Waals surface area contributed by atoms with Crippen molar-refractivity contribution in [2.75, 3.05) is 20.2 Å². The highest BCUT2D eigenvalue weighted by molar-refractivity contribution is 5.74. The van der Waals surface area contributed by atoms with Gasteiger partial charge in [0.1, 0.15) is 0 Å². The van der Waals surface area contributed by atoms with Gasteiger partial charge >= 0.3 is 5.97 Å². The highest BCUT2D eigenvalue weighted by atomic mass is 16.5. The Bertz CT molecular complexity index is 488. The van der Waals surface area contributed by atoms with Crippen molar-refractivity contribution in [3.63, 3.8) is 0 Å². The van der Waals surface area contributed by atoms with Crippen LogP contribution in [0.2, 0.25) is 0 Å². The van der Waals surface area contributed by atoms with Gasteiger partial charge in [0.25, 0.3) is 0 Å². The monoisotopic (exact) mass is 265 g/mol. The van der Waals surface area contributed by atoms with Gasteiger partial charge in [-0.3, -0.25) is 9.69 Å². The number of benzene rings is 1. The number of likely N-dealkylation sites (tertiary alicyclic amines) is 1. The Kier molecular flexibility index (Phi) is 3.66. The number of nitrogens with zero attached hydrogens (tertiary/aromatic N) is 1. The molecule has 1 atom stereocenters. The Morgan fingerprint density at radius 1 is 1.53 bits per heavy atom. The summed E-state index contributed by atoms with van der Waals surface area (Å²) in [7, 11) is 1.51. The van der Waals surface area contributed by atoms with Crippen molar-refractivity contribution in [2.45, 2.75) is 19.9 Å². The van der Waals surface area contributed by atoms with E-state index in [0.717, 1.165) is 12.1 Å². The lowest BCUT2D eigenvalue weighted by Gasteiger charge is -2.20. The predicted octanol–water partition coefficient (Wildman–Crippen LogP) is 1.70. The van der Waals surface area contributed by atoms with Gasteiger partial charge in [-0.25, -0.2) is 0 Å². The van der Waals surface area contributed by atoms with E-state index in [9.17, 15) is 15.0 Å². The van der Waals surface area contributed by atoms with Gasteiger partial charge in [-0.05, 0) is 37.6 Å². The lowest BCUT2D eigenvalue weighted by molar-refractivity contribution is -0.147. The van der Waals surface area contributed by atoms with Crippen LogP contribution in [0.3, 0.4) is 0 Å². The molecule has 0 saturated carbocycles. The molecule has 0 amide bonds. The molecular formula is C14H19NO4. The molecule has 1 aromatic rings. The molecular weight excluding hydrogens is 246 g/mol. The highest BCUT2D eigenvalue weighted by Gasteiger charge is 2.40. The van der Waals surface area contributed by atoms with E-state index in [1.807, 2.05) is 6.07 Å². The molecule has 1 aliphatic heterocycles. The first-order valence-electron chi connectivity index (χ1n) is 6.26. The van der Waals surface area contributed by atoms with Gasteiger partial charge in [0, 0.05) is 13.1 Å². The molecule has 1 aromatic carbocycles. The maximum absolute atomic E-state index is 11.2. The summed E-state index contributed by atoms with van der Waals surface area (Å²) in [5, 5.41) is 18.7. The number of aromatic hydroxyl groups is 1. The fourth-order valence-corrected chi connectivity index (χ4v) is 2.44. The number of phenolic OH excluding ortho intramolecular Hbond substituents is 1. The predicted molar refractivity (Wildman–Crippen MR) is 70.3 cm³/mol. The molecule has 5 nitrogen and oxygen atoms in total. The van der Waals surface area contributed by atoms with Crippen LogP contribution in [0.4, 0.5) is 0 Å². The average Bonchev–Trinajstić information content (AvgIpc) is 2.75. The summed E-state index contributed by atoms with van der Waals surface area (Å²) in [6.45, 7) is 3.77. The summed E-state index contributed by atoms with van der Waals surface area (Å²) in [4.78, 5) is 13.3. The van der Waals surface area contributed by atoms with Crippen LogP contribution in [0.1, 0.15) is 18.9 Å². The fraction of sp³-hybridized carbons (Fsp3) is 0.500. The van der Waals surface area contributed by atoms with E-state index in [2.05, 4.69) is 4.90 Å². The van der Waals surface area contributed by atoms with Gasteiger partial charge < -0.3 is 14.9 Å². The second-order valence-corrected chi connectivity index (χ2v) is 5.33. The number of hydrogen-bond donors (Lipinski definition) is 2. The molecule has 5 heteroatoms. The first-order chi connectivity index (χ1) is 8.94. The lowest BCUT2D eigenvalue weighted by atomic mass is 9.90. The summed E-state index contributed by atoms with van der Waals surface area (Å²) >= 11 is 0. The summed E-state index contributed by atoms with van der Waals surface area (Å²) < 4.78 is 5.07. The van der Waals surface area contributed by atoms with Crippen molar-refractivity contribution in [3.8, 4) is 11.5 Å². The van der Waals surface area contributed by atoms with Crippen LogP contribution < -0.4 is 4.74 Å². The van der Waals surface area contributed by atoms with Crippen molar-refractivity contribution in [1.29, 1.82) is 0 Å². The van der Waals surface area contributed by atoms with Crippen LogP contribution >= 0.6 is 0 Å². The third-order valence-electron chi connectivity index (χ3n) is 3.72. The van der Waals surface area contributed by atoms with Crippen LogP contribution in [-0.4, -0.2) is 41.3 Å². The molecule has 2 N–H and O–H groups in total. The molecule has 1 unspecified atom stereocenters. The molecule has 0 spiro atoms. The second-order valence-electron chi connectivity index (χ2n) is 5.33. The topological polar surface area (TPSA) is 70.0 Å². The van der Waals surface area contributed by atoms with Gasteiger partial charge in [0.05, 0.1) is 12.5 Å². The van der Waals surface area contributed by atoms with Crippen LogP contribution in [0, 0.1) is 5.41 Å². The minimum absolute atomic E-state index is 0.114. The Balaban J connectivity index is 2.05. The van der Waals surface area contributed by atoms with Crippen molar-refractivity contribution in [3.05, 3.63) is 23.8 Å². The lowest BCUT2D eigenvalue weighted by Crippen LogP contribution is -2.31. The summed E-state index contributed by atoms with van der Waals surface area (Å²) in [6, 6.07) is 5.21. The van der Waals surface area contributed by atoms with Gasteiger partial charge in [-0.15, -0.1) is 0 Å². The fourth-order valence-electron chi connectivity index (χ4n) is 2.44. The molecule has 0 aromatic heterocycles. The molecule has 2 rings (SSSR count). The Labute approximate surface area is 112 Å². The van der Waals surface area contributed by atoms with Crippen LogP contribution in [0.25, 0.3) is 0 Å². The van der Waals surface area contributed by atoms with E-state index in [0.29, 0.717) is 25.3 Å². The van der Waals surface area contributed by atoms with Gasteiger partial charge in [-0.2, -0.15) is 0 Å². The Hall–Kier alpha value is -1.75. The average molecular weight is 265 g/mol. The summed E-state index contributed by atoms with van der Waals surface area (Å²) in [5.74, 6) is -0.181. The molecule has 19 heavy (non-hydrogen) atoms. The van der Waals surface area contributed by atoms with Gasteiger partial charge in [-0.1, -0.05) is 6.07 Å². The number of carboxylic acids is 1. The van der Waals surface area contributed by atoms with E-state index in [-0.39, 0.29) is 5.75 Å². The first-order valence-corrected chi connectivity index (χ1v) is 6.26. The Morgan fingerprint density at radius 2 is 2.26 bits per heavy atom. The van der Waals surface area contributed by atoms with Crippen LogP contribution in [0.5, 0.6) is 11.5 Å². The number of carbonyl (C=O) groups is 1. The zero-order valence-corrected chi connectivity index (χ0v) is 11.2. The van der Waals surface area contributed by atoms with E-state index >= 15 is 0 Å². The Morgan fingerprint density at radius 3 is 2.84 bits per heavy atom. The van der Waals surface area contributed by atoms with E-state index in [4.69, 9.17) is 4.74 Å². The first kappa shape index (κ1) is 13.7. The maximum atomic E-state index is 11.2. The number of aliphatic carboxylic acids is 1. The van der Waals surface area contributed by atoms with E-state index < -0.39 is 11.4 Å². The molecule has 104 valence electrons. The third-order valence-corrected chi connectivity index (χ3v) is 3.72. The summed E-state index contributed by atoms with van der Waals surface area (Å²) in [5.41, 5.74) is 0.352. The molecule has 1 fully saturated rings. The smallest absolute Gasteiger partial charge is 0.310 e. The number of methoxy groups -OCH3 is 1. The van der Waals surface area contributed by atoms with E-state index in [1.54, 1.807) is 19.1 Å². The number of rotatable bonds is 4. The van der Waals surface area contributed by atoms with Crippen LogP contribution in [-0.2, 0) is 11.3 Å². The van der Waals surface area contributed by atoms with Crippen molar-refractivity contribution >= 4 is 5.97 Å². The highest BCUT2D eigenvalue weighted by Crippen LogP contribution is 2.32. The van der Waals surface area contributed by atoms with Gasteiger partial charge in [0.15, 0.2) is 11.5 Å². The molecule has 0 bridgehead atoms. The zero-order chi connectivity index (χ0) is 14.0. The molecule has 1 heterocycles. The quantitative estimate of drug-likeness (QED) is 0.867. The second kappa shape index (κ2) is 5.09. The number of hydrogen-bond acceptors (Lipinski definition) is 4. The summed E-state index contributed by atoms with van der Waals surface area (Å²) in [6.07, 6.45) is 0.664. The third kappa shape index (κ3) is 2.81. The molecule has 0 aliphatic carbocycles. The van der Waals surface area contributed by atoms with Gasteiger partial charge in [0.2, 0.25) is 0 Å². The number of phenols is 1. The molecule has 0 radical (unpaired) electrons. The normalized spacial score (nSPS) is 23.5. The van der Waals surface area contributed by atoms with Crippen molar-refractivity contribution in [2.24, 2.45) is 5.41 Å². The zero-order valence-electron chi connectivity index (χ0n) is 11.2. The van der Waals surface area contributed by atoms with Crippen LogP contribution in [0.15, 0.2) is 18.2 Å². The molecule has 1 aliphatic rings. The largest absolute Gasteiger partial charge is 0.504 e. The minimum Gasteiger partial charge on any atom is -0.504 e. The minimum atomic E-state index is -0.738. The van der Waals surface area contributed by atoms with E-state index in [1.165, 1.54) is 7.11 Å². The maximum Gasteiger partial charge on any atom is 0.310 e. The molecule has 1 saturated heterocycles. The SMILES string of the molecule is COc1cc(CN2CCC(C)(C(=O)O)C2)ccc1O. The van der Waals surface area contributed by atoms with Crippen molar-refractivity contribution in [1.82, 2.24) is 4.90 Å². The number of ether oxygens (including phenoxy) is 1. The van der Waals surface area contributed by atoms with Crippen molar-refractivity contribution < 1.29 is 19.7 Å². The standard InChI is InChI=1S/C14H19NO4/c1-14(13(17)18)5-6-15(9-14)8-10-3-4-11(16)12(7-10)19-2/h3-4,7,16H,5-6,8-9H2,1-2H3,(H,17,18). The number of carboxylic acid groups (broad SMARTS) is 1.